The molecule has 0 N–H and O–H groups in total. The van der Waals surface area contributed by atoms with Crippen molar-refractivity contribution in [2.24, 2.45) is 0 Å². The van der Waals surface area contributed by atoms with Gasteiger partial charge < -0.3 is 14.4 Å². The molecule has 0 saturated carbocycles. The summed E-state index contributed by atoms with van der Waals surface area (Å²) in [5.74, 6) is 1.81. The summed E-state index contributed by atoms with van der Waals surface area (Å²) < 4.78 is 13.1. The van der Waals surface area contributed by atoms with Crippen LogP contribution in [0.1, 0.15) is 12.7 Å². The number of halogens is 2. The fourth-order valence-electron chi connectivity index (χ4n) is 4.79. The molecular weight excluding hydrogens is 551 g/mol. The molecule has 8 nitrogen and oxygen atoms in total. The standard InChI is InChI=1S/C30H30Cl2N4O4/c1-2-39-27-6-4-3-5-26(27)36-28(33-25-19-22(32)9-12-24(25)30(36)38)13-14-34-15-17-35(18-16-34)29(37)20-40-23-10-7-21(31)8-11-23/h3-12,19H,2,13-18,20H2,1H3. The van der Waals surface area contributed by atoms with Gasteiger partial charge in [0, 0.05) is 49.2 Å². The number of nitrogens with zero attached hydrogens (tertiary/aromatic N) is 4. The minimum absolute atomic E-state index is 0.0171. The summed E-state index contributed by atoms with van der Waals surface area (Å²) in [5.41, 5.74) is 1.05. The fourth-order valence-corrected chi connectivity index (χ4v) is 5.08. The zero-order valence-corrected chi connectivity index (χ0v) is 23.7. The average Bonchev–Trinajstić information content (AvgIpc) is 2.96. The Morgan fingerprint density at radius 2 is 1.65 bits per heavy atom. The van der Waals surface area contributed by atoms with Crippen LogP contribution in [0.15, 0.2) is 71.5 Å². The van der Waals surface area contributed by atoms with E-state index in [1.165, 1.54) is 0 Å². The quantitative estimate of drug-likeness (QED) is 0.281. The maximum Gasteiger partial charge on any atom is 0.266 e. The predicted molar refractivity (Wildman–Crippen MR) is 157 cm³/mol. The minimum Gasteiger partial charge on any atom is -0.492 e. The van der Waals surface area contributed by atoms with Crippen LogP contribution in [0.4, 0.5) is 0 Å². The highest BCUT2D eigenvalue weighted by Crippen LogP contribution is 2.25. The number of piperazine rings is 1. The molecule has 1 fully saturated rings. The molecular formula is C30H30Cl2N4O4. The van der Waals surface area contributed by atoms with Gasteiger partial charge in [0.05, 0.1) is 23.2 Å². The lowest BCUT2D eigenvalue weighted by Crippen LogP contribution is -2.50. The van der Waals surface area contributed by atoms with Crippen molar-refractivity contribution in [2.75, 3.05) is 45.9 Å². The number of aromatic nitrogens is 2. The summed E-state index contributed by atoms with van der Waals surface area (Å²) in [6.45, 7) is 5.68. The van der Waals surface area contributed by atoms with Crippen LogP contribution in [0.25, 0.3) is 16.6 Å². The van der Waals surface area contributed by atoms with Gasteiger partial charge in [-0.15, -0.1) is 0 Å². The first-order valence-electron chi connectivity index (χ1n) is 13.2. The van der Waals surface area contributed by atoms with Gasteiger partial charge in [0.2, 0.25) is 0 Å². The third-order valence-electron chi connectivity index (χ3n) is 6.86. The smallest absolute Gasteiger partial charge is 0.266 e. The Morgan fingerprint density at radius 3 is 2.40 bits per heavy atom. The largest absolute Gasteiger partial charge is 0.492 e. The molecule has 1 amide bonds. The first-order chi connectivity index (χ1) is 19.4. The summed E-state index contributed by atoms with van der Waals surface area (Å²) >= 11 is 12.1. The van der Waals surface area contributed by atoms with E-state index in [1.807, 2.05) is 36.1 Å². The molecule has 1 aromatic heterocycles. The van der Waals surface area contributed by atoms with Crippen LogP contribution in [0.5, 0.6) is 11.5 Å². The lowest BCUT2D eigenvalue weighted by atomic mass is 10.2. The molecule has 1 aliphatic rings. The van der Waals surface area contributed by atoms with E-state index in [0.29, 0.717) is 89.7 Å². The van der Waals surface area contributed by atoms with Gasteiger partial charge >= 0.3 is 0 Å². The zero-order valence-electron chi connectivity index (χ0n) is 22.2. The minimum atomic E-state index is -0.167. The van der Waals surface area contributed by atoms with E-state index >= 15 is 0 Å². The molecule has 1 aliphatic heterocycles. The molecule has 0 unspecified atom stereocenters. The number of carbonyl (C=O) groups excluding carboxylic acids is 1. The highest BCUT2D eigenvalue weighted by molar-refractivity contribution is 6.31. The van der Waals surface area contributed by atoms with E-state index in [2.05, 4.69) is 4.90 Å². The van der Waals surface area contributed by atoms with Crippen LogP contribution in [-0.4, -0.2) is 71.2 Å². The number of fused-ring (bicyclic) bond motifs is 1. The van der Waals surface area contributed by atoms with Crippen LogP contribution in [-0.2, 0) is 11.2 Å². The Labute approximate surface area is 242 Å². The molecule has 3 aromatic carbocycles. The monoisotopic (exact) mass is 580 g/mol. The Bertz CT molecular complexity index is 1550. The lowest BCUT2D eigenvalue weighted by Gasteiger charge is -2.34. The van der Waals surface area contributed by atoms with Crippen LogP contribution >= 0.6 is 23.2 Å². The zero-order chi connectivity index (χ0) is 28.1. The summed E-state index contributed by atoms with van der Waals surface area (Å²) in [5, 5.41) is 1.64. The molecule has 10 heteroatoms. The first-order valence-corrected chi connectivity index (χ1v) is 14.0. The summed E-state index contributed by atoms with van der Waals surface area (Å²) in [4.78, 5) is 35.4. The molecule has 0 aliphatic carbocycles. The fraction of sp³-hybridized carbons (Fsp3) is 0.300. The Kier molecular flexibility index (Phi) is 8.89. The molecule has 40 heavy (non-hydrogen) atoms. The van der Waals surface area contributed by atoms with E-state index in [9.17, 15) is 9.59 Å². The number of carbonyl (C=O) groups is 1. The number of rotatable bonds is 9. The number of hydrogen-bond acceptors (Lipinski definition) is 6. The molecule has 208 valence electrons. The topological polar surface area (TPSA) is 76.9 Å². The number of ether oxygens (including phenoxy) is 2. The molecule has 5 rings (SSSR count). The maximum absolute atomic E-state index is 13.7. The van der Waals surface area contributed by atoms with Crippen LogP contribution in [0.2, 0.25) is 10.0 Å². The van der Waals surface area contributed by atoms with Gasteiger partial charge in [0.15, 0.2) is 6.61 Å². The molecule has 2 heterocycles. The van der Waals surface area contributed by atoms with Gasteiger partial charge in [0.1, 0.15) is 17.3 Å². The van der Waals surface area contributed by atoms with E-state index < -0.39 is 0 Å². The SMILES string of the molecule is CCOc1ccccc1-n1c(CCN2CCN(C(=O)COc3ccc(Cl)cc3)CC2)nc2cc(Cl)ccc2c1=O. The van der Waals surface area contributed by atoms with Crippen molar-refractivity contribution in [3.63, 3.8) is 0 Å². The molecule has 0 spiro atoms. The highest BCUT2D eigenvalue weighted by Gasteiger charge is 2.23. The van der Waals surface area contributed by atoms with Gasteiger partial charge in [0.25, 0.3) is 11.5 Å². The van der Waals surface area contributed by atoms with Gasteiger partial charge in [-0.3, -0.25) is 19.1 Å². The Hall–Kier alpha value is -3.59. The molecule has 0 bridgehead atoms. The number of amides is 1. The van der Waals surface area contributed by atoms with Gasteiger partial charge in [-0.05, 0) is 61.5 Å². The second kappa shape index (κ2) is 12.7. The third-order valence-corrected chi connectivity index (χ3v) is 7.35. The second-order valence-electron chi connectivity index (χ2n) is 9.45. The van der Waals surface area contributed by atoms with Gasteiger partial charge in [-0.2, -0.15) is 0 Å². The first kappa shape index (κ1) is 28.0. The number of para-hydroxylation sites is 2. The normalized spacial score (nSPS) is 13.9. The predicted octanol–water partition coefficient (Wildman–Crippen LogP) is 4.86. The number of hydrogen-bond donors (Lipinski definition) is 0. The summed E-state index contributed by atoms with van der Waals surface area (Å²) in [6, 6.07) is 19.6. The highest BCUT2D eigenvalue weighted by atomic mass is 35.5. The van der Waals surface area contributed by atoms with Crippen molar-refractivity contribution in [2.45, 2.75) is 13.3 Å². The van der Waals surface area contributed by atoms with Crippen LogP contribution in [0.3, 0.4) is 0 Å². The molecule has 0 atom stereocenters. The van der Waals surface area contributed by atoms with Crippen molar-refractivity contribution in [3.8, 4) is 17.2 Å². The third kappa shape index (κ3) is 6.41. The summed E-state index contributed by atoms with van der Waals surface area (Å²) in [7, 11) is 0. The van der Waals surface area contributed by atoms with Crippen molar-refractivity contribution in [3.05, 3.63) is 93.0 Å². The van der Waals surface area contributed by atoms with Gasteiger partial charge in [-0.25, -0.2) is 4.98 Å². The van der Waals surface area contributed by atoms with Gasteiger partial charge in [-0.1, -0.05) is 35.3 Å². The van der Waals surface area contributed by atoms with E-state index in [1.54, 1.807) is 47.0 Å². The summed E-state index contributed by atoms with van der Waals surface area (Å²) in [6.07, 6.45) is 0.534. The maximum atomic E-state index is 13.7. The molecule has 1 saturated heterocycles. The number of benzene rings is 3. The van der Waals surface area contributed by atoms with Crippen LogP contribution in [0, 0.1) is 0 Å². The van der Waals surface area contributed by atoms with E-state index in [0.717, 1.165) is 0 Å². The van der Waals surface area contributed by atoms with Crippen molar-refractivity contribution in [1.82, 2.24) is 19.4 Å². The Balaban J connectivity index is 1.29. The lowest BCUT2D eigenvalue weighted by molar-refractivity contribution is -0.135. The van der Waals surface area contributed by atoms with E-state index in [-0.39, 0.29) is 18.1 Å². The van der Waals surface area contributed by atoms with E-state index in [4.69, 9.17) is 37.7 Å². The average molecular weight is 582 g/mol. The van der Waals surface area contributed by atoms with Crippen molar-refractivity contribution < 1.29 is 14.3 Å². The second-order valence-corrected chi connectivity index (χ2v) is 10.3. The molecule has 0 radical (unpaired) electrons. The van der Waals surface area contributed by atoms with Crippen molar-refractivity contribution in [1.29, 1.82) is 0 Å². The van der Waals surface area contributed by atoms with Crippen molar-refractivity contribution >= 4 is 40.0 Å². The molecule has 4 aromatic rings. The Morgan fingerprint density at radius 1 is 0.925 bits per heavy atom. The van der Waals surface area contributed by atoms with Crippen LogP contribution < -0.4 is 15.0 Å².